The summed E-state index contributed by atoms with van der Waals surface area (Å²) in [5.74, 6) is 0.202. The van der Waals surface area contributed by atoms with E-state index in [-0.39, 0.29) is 18.1 Å². The Morgan fingerprint density at radius 3 is 2.90 bits per heavy atom. The predicted octanol–water partition coefficient (Wildman–Crippen LogP) is -0.570. The van der Waals surface area contributed by atoms with Gasteiger partial charge in [-0.2, -0.15) is 0 Å². The van der Waals surface area contributed by atoms with Crippen molar-refractivity contribution in [2.45, 2.75) is 24.5 Å². The van der Waals surface area contributed by atoms with Gasteiger partial charge in [0.2, 0.25) is 0 Å². The predicted molar refractivity (Wildman–Crippen MR) is 71.7 cm³/mol. The zero-order valence-corrected chi connectivity index (χ0v) is 12.0. The Hall–Kier alpha value is -1.03. The van der Waals surface area contributed by atoms with Gasteiger partial charge >= 0.3 is 7.23 Å². The van der Waals surface area contributed by atoms with Crippen LogP contribution in [0.1, 0.15) is 12.1 Å². The molecule has 1 aromatic rings. The Balaban J connectivity index is 2.08. The van der Waals surface area contributed by atoms with Gasteiger partial charge in [0.05, 0.1) is 5.70 Å². The number of hydrogen-bond acceptors (Lipinski definition) is 8. The minimum absolute atomic E-state index is 0.168. The van der Waals surface area contributed by atoms with E-state index in [9.17, 15) is 14.8 Å². The molecule has 1 aromatic heterocycles. The third kappa shape index (κ3) is 3.17. The number of ether oxygens (including phenoxy) is 1. The lowest BCUT2D eigenvalue weighted by molar-refractivity contribution is -0.0545. The molecular weight excluding hydrogens is 307 g/mol. The summed E-state index contributed by atoms with van der Waals surface area (Å²) in [7, 11) is -2.11. The molecule has 1 fully saturated rings. The lowest BCUT2D eigenvalue weighted by Crippen LogP contribution is -2.33. The van der Waals surface area contributed by atoms with E-state index >= 15 is 0 Å². The lowest BCUT2D eigenvalue weighted by atomic mass is 10.1. The summed E-state index contributed by atoms with van der Waals surface area (Å²) in [6, 6.07) is 0. The molecule has 0 radical (unpaired) electrons. The Bertz CT molecular complexity index is 526. The number of nitrogens with zero attached hydrogens (tertiary/aromatic N) is 3. The average Bonchev–Trinajstić information content (AvgIpc) is 2.95. The molecule has 2 heterocycles. The van der Waals surface area contributed by atoms with Crippen molar-refractivity contribution in [3.05, 3.63) is 18.7 Å². The van der Waals surface area contributed by atoms with Crippen molar-refractivity contribution in [3.8, 4) is 0 Å². The molecule has 4 N–H and O–H groups in total. The van der Waals surface area contributed by atoms with Gasteiger partial charge in [-0.05, 0) is 4.57 Å². The smallest absolute Gasteiger partial charge is 0.396 e. The molecule has 110 valence electrons. The van der Waals surface area contributed by atoms with Crippen LogP contribution in [0, 0.1) is 0 Å². The van der Waals surface area contributed by atoms with E-state index in [1.165, 1.54) is 11.0 Å². The second-order valence-electron chi connectivity index (χ2n) is 4.15. The van der Waals surface area contributed by atoms with Crippen LogP contribution in [0.3, 0.4) is 0 Å². The number of aliphatic hydroxyl groups is 2. The van der Waals surface area contributed by atoms with Gasteiger partial charge in [-0.25, -0.2) is 9.67 Å². The van der Waals surface area contributed by atoms with Gasteiger partial charge in [0.1, 0.15) is 43.5 Å². The van der Waals surface area contributed by atoms with Crippen LogP contribution in [0.2, 0.25) is 0 Å². The van der Waals surface area contributed by atoms with E-state index < -0.39 is 31.8 Å². The summed E-state index contributed by atoms with van der Waals surface area (Å²) in [4.78, 5) is 3.88. The van der Waals surface area contributed by atoms with Crippen molar-refractivity contribution >= 4 is 25.2 Å². The Kier molecular flexibility index (Phi) is 4.74. The summed E-state index contributed by atoms with van der Waals surface area (Å²) in [6.07, 6.45) is -2.94. The average molecular weight is 321 g/mol. The number of aliphatic hydroxyl groups excluding tert-OH is 2. The SMILES string of the molecule is C=C(N)c1ncn([C@@H]2O[C@H](CO[P+](=O)S)[C@@H](O)[C@H]2O)n1. The van der Waals surface area contributed by atoms with Gasteiger partial charge in [-0.1, -0.05) is 6.58 Å². The summed E-state index contributed by atoms with van der Waals surface area (Å²) in [5.41, 5.74) is 5.62. The van der Waals surface area contributed by atoms with Crippen molar-refractivity contribution in [1.82, 2.24) is 14.8 Å². The first-order valence-corrected chi connectivity index (χ1v) is 7.89. The highest BCUT2D eigenvalue weighted by molar-refractivity contribution is 8.39. The lowest BCUT2D eigenvalue weighted by Gasteiger charge is -2.13. The molecule has 0 bridgehead atoms. The summed E-state index contributed by atoms with van der Waals surface area (Å²) >= 11 is 3.58. The van der Waals surface area contributed by atoms with E-state index in [4.69, 9.17) is 15.0 Å². The topological polar surface area (TPSA) is 133 Å². The number of aromatic nitrogens is 3. The largest absolute Gasteiger partial charge is 0.582 e. The van der Waals surface area contributed by atoms with Gasteiger partial charge in [-0.3, -0.25) is 0 Å². The quantitative estimate of drug-likeness (QED) is 0.419. The van der Waals surface area contributed by atoms with Gasteiger partial charge in [0.25, 0.3) is 0 Å². The highest BCUT2D eigenvalue weighted by atomic mass is 32.7. The standard InChI is InChI=1S/C9H13N4O5PS/c1-4(10)8-11-3-13(12-8)9-7(15)6(14)5(18-9)2-17-19(16)20/h3,5-7,9,14-15H,1-2,10H2/p+1/t5-,6-,7-,9-/m1/s1. The number of hydrogen-bond donors (Lipinski definition) is 4. The van der Waals surface area contributed by atoms with Crippen molar-refractivity contribution in [2.75, 3.05) is 6.61 Å². The van der Waals surface area contributed by atoms with Gasteiger partial charge in [0, 0.05) is 0 Å². The molecule has 0 spiro atoms. The second-order valence-corrected chi connectivity index (χ2v) is 5.87. The highest BCUT2D eigenvalue weighted by Gasteiger charge is 2.45. The molecule has 20 heavy (non-hydrogen) atoms. The van der Waals surface area contributed by atoms with Crippen LogP contribution in [0.15, 0.2) is 12.9 Å². The Labute approximate surface area is 120 Å². The molecule has 5 atom stereocenters. The van der Waals surface area contributed by atoms with Crippen LogP contribution in [-0.4, -0.2) is 49.9 Å². The van der Waals surface area contributed by atoms with E-state index in [1.54, 1.807) is 0 Å². The van der Waals surface area contributed by atoms with Gasteiger partial charge in [0.15, 0.2) is 12.1 Å². The van der Waals surface area contributed by atoms with Crippen LogP contribution < -0.4 is 5.73 Å². The molecule has 0 aliphatic carbocycles. The Morgan fingerprint density at radius 2 is 2.35 bits per heavy atom. The van der Waals surface area contributed by atoms with E-state index in [0.29, 0.717) is 0 Å². The van der Waals surface area contributed by atoms with Gasteiger partial charge in [-0.15, -0.1) is 9.62 Å². The molecule has 0 amide bonds. The third-order valence-corrected chi connectivity index (χ3v) is 3.46. The maximum Gasteiger partial charge on any atom is 0.582 e. The first kappa shape index (κ1) is 15.4. The molecule has 2 rings (SSSR count). The number of thiol groups is 1. The number of rotatable bonds is 5. The van der Waals surface area contributed by atoms with Crippen molar-refractivity contribution in [2.24, 2.45) is 5.73 Å². The van der Waals surface area contributed by atoms with Gasteiger partial charge < -0.3 is 20.7 Å². The maximum absolute atomic E-state index is 10.8. The van der Waals surface area contributed by atoms with Crippen molar-refractivity contribution in [3.63, 3.8) is 0 Å². The van der Waals surface area contributed by atoms with E-state index in [1.807, 2.05) is 0 Å². The third-order valence-electron chi connectivity index (χ3n) is 2.74. The summed E-state index contributed by atoms with van der Waals surface area (Å²) < 4.78 is 22.2. The Morgan fingerprint density at radius 1 is 1.65 bits per heavy atom. The first-order valence-electron chi connectivity index (χ1n) is 5.56. The van der Waals surface area contributed by atoms with Crippen molar-refractivity contribution < 1.29 is 24.0 Å². The normalized spacial score (nSPS) is 30.4. The fraction of sp³-hybridized carbons (Fsp3) is 0.556. The number of nitrogens with two attached hydrogens (primary N) is 1. The molecule has 0 saturated carbocycles. The van der Waals surface area contributed by atoms with Crippen molar-refractivity contribution in [1.29, 1.82) is 0 Å². The van der Waals surface area contributed by atoms with E-state index in [0.717, 1.165) is 0 Å². The van der Waals surface area contributed by atoms with Crippen LogP contribution in [0.4, 0.5) is 0 Å². The molecule has 11 heteroatoms. The fourth-order valence-electron chi connectivity index (χ4n) is 1.77. The zero-order chi connectivity index (χ0) is 14.9. The maximum atomic E-state index is 10.8. The second kappa shape index (κ2) is 6.17. The minimum Gasteiger partial charge on any atom is -0.396 e. The first-order chi connectivity index (χ1) is 9.40. The molecule has 1 aliphatic rings. The minimum atomic E-state index is -2.11. The van der Waals surface area contributed by atoms with Crippen LogP contribution in [0.25, 0.3) is 5.70 Å². The zero-order valence-electron chi connectivity index (χ0n) is 10.2. The molecule has 1 unspecified atom stereocenters. The monoisotopic (exact) mass is 321 g/mol. The fourth-order valence-corrected chi connectivity index (χ4v) is 2.24. The highest BCUT2D eigenvalue weighted by Crippen LogP contribution is 2.33. The summed E-state index contributed by atoms with van der Waals surface area (Å²) in [6.45, 7) is 3.32. The summed E-state index contributed by atoms with van der Waals surface area (Å²) in [5, 5.41) is 23.7. The molecule has 1 saturated heterocycles. The molecule has 0 aromatic carbocycles. The van der Waals surface area contributed by atoms with E-state index in [2.05, 4.69) is 28.9 Å². The van der Waals surface area contributed by atoms with Crippen LogP contribution >= 0.6 is 19.5 Å². The molecule has 9 nitrogen and oxygen atoms in total. The molecular formula is C9H14N4O5PS+. The van der Waals surface area contributed by atoms with Crippen LogP contribution in [-0.2, 0) is 13.8 Å². The molecule has 1 aliphatic heterocycles. The van der Waals surface area contributed by atoms with Crippen LogP contribution in [0.5, 0.6) is 0 Å².